The molecule has 1 fully saturated rings. The van der Waals surface area contributed by atoms with Crippen LogP contribution in [0.3, 0.4) is 0 Å². The van der Waals surface area contributed by atoms with E-state index in [1.54, 1.807) is 30.5 Å². The van der Waals surface area contributed by atoms with Crippen LogP contribution in [0.4, 0.5) is 5.69 Å². The molecule has 4 rings (SSSR count). The second-order valence-electron chi connectivity index (χ2n) is 6.99. The Morgan fingerprint density at radius 3 is 2.81 bits per heavy atom. The lowest BCUT2D eigenvalue weighted by Crippen LogP contribution is -2.33. The fourth-order valence-corrected chi connectivity index (χ4v) is 4.22. The molecule has 3 aromatic rings. The molecule has 0 radical (unpaired) electrons. The third-order valence-corrected chi connectivity index (χ3v) is 5.89. The van der Waals surface area contributed by atoms with Crippen molar-refractivity contribution in [2.45, 2.75) is 13.0 Å². The summed E-state index contributed by atoms with van der Waals surface area (Å²) in [6, 6.07) is 12.3. The van der Waals surface area contributed by atoms with Crippen molar-refractivity contribution in [1.29, 1.82) is 0 Å². The summed E-state index contributed by atoms with van der Waals surface area (Å²) in [6.07, 6.45) is 1.79. The van der Waals surface area contributed by atoms with Crippen molar-refractivity contribution in [3.05, 3.63) is 65.3 Å². The number of carbonyl (C=O) groups is 3. The Morgan fingerprint density at radius 2 is 2.03 bits per heavy atom. The highest BCUT2D eigenvalue weighted by atomic mass is 32.1. The van der Waals surface area contributed by atoms with Gasteiger partial charge < -0.3 is 15.0 Å². The number of benzene rings is 1. The van der Waals surface area contributed by atoms with Gasteiger partial charge in [-0.3, -0.25) is 14.6 Å². The molecule has 0 bridgehead atoms. The molecule has 0 spiro atoms. The van der Waals surface area contributed by atoms with Gasteiger partial charge in [0.2, 0.25) is 11.8 Å². The molecule has 158 valence electrons. The number of rotatable bonds is 6. The average Bonchev–Trinajstić information content (AvgIpc) is 3.44. The molecule has 0 aliphatic carbocycles. The summed E-state index contributed by atoms with van der Waals surface area (Å²) in [5.41, 5.74) is 2.26. The Labute approximate surface area is 182 Å². The van der Waals surface area contributed by atoms with Gasteiger partial charge in [0.1, 0.15) is 5.01 Å². The van der Waals surface area contributed by atoms with Crippen LogP contribution in [0.2, 0.25) is 0 Å². The molecular formula is C22H20N4O4S. The van der Waals surface area contributed by atoms with Crippen LogP contribution < -0.4 is 10.2 Å². The third-order valence-electron chi connectivity index (χ3n) is 4.98. The normalized spacial score (nSPS) is 15.7. The first-order valence-corrected chi connectivity index (χ1v) is 10.6. The summed E-state index contributed by atoms with van der Waals surface area (Å²) in [4.78, 5) is 47.5. The largest absolute Gasteiger partial charge is 0.465 e. The molecule has 1 unspecified atom stereocenters. The molecular weight excluding hydrogens is 416 g/mol. The van der Waals surface area contributed by atoms with Gasteiger partial charge in [-0.15, -0.1) is 11.3 Å². The number of pyridine rings is 1. The highest BCUT2D eigenvalue weighted by molar-refractivity contribution is 7.13. The second-order valence-corrected chi connectivity index (χ2v) is 7.85. The monoisotopic (exact) mass is 436 g/mol. The number of nitrogens with one attached hydrogen (secondary N) is 1. The summed E-state index contributed by atoms with van der Waals surface area (Å²) < 4.78 is 4.80. The average molecular weight is 436 g/mol. The van der Waals surface area contributed by atoms with Gasteiger partial charge in [0.25, 0.3) is 0 Å². The van der Waals surface area contributed by atoms with Crippen molar-refractivity contribution in [2.75, 3.05) is 18.6 Å². The van der Waals surface area contributed by atoms with Crippen LogP contribution in [0.15, 0.2) is 54.0 Å². The molecule has 0 saturated carbocycles. The van der Waals surface area contributed by atoms with Crippen LogP contribution >= 0.6 is 11.3 Å². The minimum atomic E-state index is -0.524. The molecule has 3 heterocycles. The molecule has 2 aromatic heterocycles. The fraction of sp³-hybridized carbons (Fsp3) is 0.227. The quantitative estimate of drug-likeness (QED) is 0.596. The Balaban J connectivity index is 1.39. The van der Waals surface area contributed by atoms with Gasteiger partial charge in [-0.1, -0.05) is 18.2 Å². The Bertz CT molecular complexity index is 1120. The third kappa shape index (κ3) is 4.46. The van der Waals surface area contributed by atoms with Crippen LogP contribution in [0.1, 0.15) is 22.5 Å². The van der Waals surface area contributed by atoms with Crippen molar-refractivity contribution < 1.29 is 19.1 Å². The first-order chi connectivity index (χ1) is 15.1. The van der Waals surface area contributed by atoms with Crippen molar-refractivity contribution in [3.63, 3.8) is 0 Å². The number of nitrogens with zero attached hydrogens (tertiary/aromatic N) is 3. The maximum absolute atomic E-state index is 12.7. The summed E-state index contributed by atoms with van der Waals surface area (Å²) in [6.45, 7) is 0.473. The summed E-state index contributed by atoms with van der Waals surface area (Å²) >= 11 is 1.46. The van der Waals surface area contributed by atoms with Crippen LogP contribution in [0, 0.1) is 5.92 Å². The highest BCUT2D eigenvalue weighted by Crippen LogP contribution is 2.29. The zero-order valence-corrected chi connectivity index (χ0v) is 17.6. The van der Waals surface area contributed by atoms with E-state index in [1.807, 2.05) is 23.6 Å². The Morgan fingerprint density at radius 1 is 1.23 bits per heavy atom. The van der Waals surface area contributed by atoms with Crippen molar-refractivity contribution >= 4 is 34.8 Å². The summed E-state index contributed by atoms with van der Waals surface area (Å²) in [5.74, 6) is -1.46. The van der Waals surface area contributed by atoms with E-state index in [0.29, 0.717) is 11.3 Å². The Kier molecular flexibility index (Phi) is 6.03. The van der Waals surface area contributed by atoms with Crippen molar-refractivity contribution in [3.8, 4) is 10.7 Å². The number of aromatic nitrogens is 2. The van der Waals surface area contributed by atoms with E-state index in [9.17, 15) is 14.4 Å². The first kappa shape index (κ1) is 20.7. The molecule has 2 amide bonds. The Hall–Kier alpha value is -3.59. The van der Waals surface area contributed by atoms with Crippen LogP contribution in [0.25, 0.3) is 10.7 Å². The lowest BCUT2D eigenvalue weighted by atomic mass is 10.1. The van der Waals surface area contributed by atoms with Crippen LogP contribution in [0.5, 0.6) is 0 Å². The lowest BCUT2D eigenvalue weighted by Gasteiger charge is -2.19. The predicted molar refractivity (Wildman–Crippen MR) is 115 cm³/mol. The molecule has 1 atom stereocenters. The smallest absolute Gasteiger partial charge is 0.339 e. The molecule has 1 aliphatic rings. The fourth-order valence-electron chi connectivity index (χ4n) is 3.42. The van der Waals surface area contributed by atoms with E-state index in [2.05, 4.69) is 15.3 Å². The van der Waals surface area contributed by atoms with E-state index in [4.69, 9.17) is 4.74 Å². The number of anilines is 1. The maximum atomic E-state index is 12.7. The van der Waals surface area contributed by atoms with Gasteiger partial charge in [0, 0.05) is 24.5 Å². The van der Waals surface area contributed by atoms with Gasteiger partial charge >= 0.3 is 5.97 Å². The molecule has 1 aliphatic heterocycles. The molecule has 9 heteroatoms. The minimum Gasteiger partial charge on any atom is -0.465 e. The number of amides is 2. The summed E-state index contributed by atoms with van der Waals surface area (Å²) in [7, 11) is 1.29. The number of carbonyl (C=O) groups excluding carboxylic acids is 3. The van der Waals surface area contributed by atoms with E-state index < -0.39 is 11.9 Å². The molecule has 31 heavy (non-hydrogen) atoms. The van der Waals surface area contributed by atoms with Crippen molar-refractivity contribution in [2.24, 2.45) is 5.92 Å². The number of esters is 1. The standard InChI is InChI=1S/C22H20N4O4S/c1-30-22(29)16-6-2-3-8-18(16)26-12-14(10-19(26)27)20(28)24-11-15-13-31-21(25-15)17-7-4-5-9-23-17/h2-9,13-14H,10-12H2,1H3,(H,24,28). The molecule has 1 saturated heterocycles. The minimum absolute atomic E-state index is 0.0809. The van der Waals surface area contributed by atoms with Gasteiger partial charge in [-0.25, -0.2) is 9.78 Å². The van der Waals surface area contributed by atoms with Crippen LogP contribution in [-0.4, -0.2) is 41.4 Å². The number of ether oxygens (including phenoxy) is 1. The number of thiazole rings is 1. The SMILES string of the molecule is COC(=O)c1ccccc1N1CC(C(=O)NCc2csc(-c3ccccn3)n2)CC1=O. The molecule has 8 nitrogen and oxygen atoms in total. The number of hydrogen-bond donors (Lipinski definition) is 1. The highest BCUT2D eigenvalue weighted by Gasteiger charge is 2.36. The molecule has 1 aromatic carbocycles. The van der Waals surface area contributed by atoms with Gasteiger partial charge in [0.05, 0.1) is 42.2 Å². The van der Waals surface area contributed by atoms with E-state index in [-0.39, 0.29) is 31.3 Å². The topological polar surface area (TPSA) is 101 Å². The maximum Gasteiger partial charge on any atom is 0.339 e. The van der Waals surface area contributed by atoms with Crippen molar-refractivity contribution in [1.82, 2.24) is 15.3 Å². The lowest BCUT2D eigenvalue weighted by molar-refractivity contribution is -0.126. The number of methoxy groups -OCH3 is 1. The number of hydrogen-bond acceptors (Lipinski definition) is 7. The predicted octanol–water partition coefficient (Wildman–Crippen LogP) is 2.66. The zero-order chi connectivity index (χ0) is 21.8. The summed E-state index contributed by atoms with van der Waals surface area (Å²) in [5, 5.41) is 5.52. The van der Waals surface area contributed by atoms with E-state index >= 15 is 0 Å². The van der Waals surface area contributed by atoms with Gasteiger partial charge in [-0.2, -0.15) is 0 Å². The first-order valence-electron chi connectivity index (χ1n) is 9.68. The van der Waals surface area contributed by atoms with E-state index in [0.717, 1.165) is 16.4 Å². The van der Waals surface area contributed by atoms with Crippen LogP contribution in [-0.2, 0) is 20.9 Å². The van der Waals surface area contributed by atoms with E-state index in [1.165, 1.54) is 23.3 Å². The zero-order valence-electron chi connectivity index (χ0n) is 16.8. The van der Waals surface area contributed by atoms with Gasteiger partial charge in [-0.05, 0) is 24.3 Å². The molecule has 1 N–H and O–H groups in total. The number of para-hydroxylation sites is 1. The van der Waals surface area contributed by atoms with Gasteiger partial charge in [0.15, 0.2) is 0 Å². The second kappa shape index (κ2) is 9.05.